The predicted molar refractivity (Wildman–Crippen MR) is 72.5 cm³/mol. The summed E-state index contributed by atoms with van der Waals surface area (Å²) in [4.78, 5) is 0. The van der Waals surface area contributed by atoms with Crippen LogP contribution < -0.4 is 5.73 Å². The number of hydrogen-bond acceptors (Lipinski definition) is 1. The summed E-state index contributed by atoms with van der Waals surface area (Å²) < 4.78 is 91.0. The molecule has 2 rings (SSSR count). The molecular formula is C14H15ClF7N. The molecule has 1 aliphatic rings. The average molecular weight is 366 g/mol. The summed E-state index contributed by atoms with van der Waals surface area (Å²) in [7, 11) is 0. The zero-order valence-electron chi connectivity index (χ0n) is 11.8. The summed E-state index contributed by atoms with van der Waals surface area (Å²) in [6.07, 6.45) is -7.55. The van der Waals surface area contributed by atoms with Crippen molar-refractivity contribution in [3.05, 3.63) is 34.6 Å². The largest absolute Gasteiger partial charge is 0.416 e. The van der Waals surface area contributed by atoms with E-state index in [0.29, 0.717) is 12.8 Å². The lowest BCUT2D eigenvalue weighted by atomic mass is 9.88. The first-order valence-corrected chi connectivity index (χ1v) is 6.75. The molecule has 1 aliphatic carbocycles. The van der Waals surface area contributed by atoms with Gasteiger partial charge in [-0.15, -0.1) is 12.4 Å². The second kappa shape index (κ2) is 6.84. The van der Waals surface area contributed by atoms with E-state index in [4.69, 9.17) is 5.73 Å². The maximum atomic E-state index is 14.0. The van der Waals surface area contributed by atoms with Crippen LogP contribution >= 0.6 is 12.4 Å². The first-order valence-electron chi connectivity index (χ1n) is 6.75. The number of rotatable bonds is 2. The van der Waals surface area contributed by atoms with Gasteiger partial charge < -0.3 is 5.73 Å². The molecule has 1 saturated carbocycles. The highest BCUT2D eigenvalue weighted by Gasteiger charge is 2.42. The van der Waals surface area contributed by atoms with Gasteiger partial charge in [-0.25, -0.2) is 4.39 Å². The molecule has 0 saturated heterocycles. The van der Waals surface area contributed by atoms with E-state index < -0.39 is 40.9 Å². The monoisotopic (exact) mass is 365 g/mol. The molecule has 0 amide bonds. The van der Waals surface area contributed by atoms with Crippen LogP contribution in [0.1, 0.15) is 48.4 Å². The fourth-order valence-corrected chi connectivity index (χ4v) is 2.91. The van der Waals surface area contributed by atoms with Crippen molar-refractivity contribution in [1.29, 1.82) is 0 Å². The highest BCUT2D eigenvalue weighted by Crippen LogP contribution is 2.43. The van der Waals surface area contributed by atoms with Crippen molar-refractivity contribution in [2.75, 3.05) is 0 Å². The van der Waals surface area contributed by atoms with Crippen LogP contribution in [0.2, 0.25) is 0 Å². The minimum absolute atomic E-state index is 0. The predicted octanol–water partition coefficient (Wildman–Crippen LogP) is 5.48. The van der Waals surface area contributed by atoms with Crippen LogP contribution in [0.15, 0.2) is 12.1 Å². The quantitative estimate of drug-likeness (QED) is 0.690. The Morgan fingerprint density at radius 1 is 0.957 bits per heavy atom. The molecule has 1 aromatic rings. The van der Waals surface area contributed by atoms with Crippen LogP contribution in [0.3, 0.4) is 0 Å². The number of alkyl halides is 6. The summed E-state index contributed by atoms with van der Waals surface area (Å²) >= 11 is 0. The van der Waals surface area contributed by atoms with Gasteiger partial charge in [0.1, 0.15) is 5.82 Å². The molecule has 0 bridgehead atoms. The lowest BCUT2D eigenvalue weighted by Gasteiger charge is -2.24. The van der Waals surface area contributed by atoms with E-state index in [2.05, 4.69) is 0 Å². The molecule has 0 unspecified atom stereocenters. The Bertz CT molecular complexity index is 547. The molecule has 1 atom stereocenters. The first kappa shape index (κ1) is 20.0. The number of benzene rings is 1. The topological polar surface area (TPSA) is 26.0 Å². The van der Waals surface area contributed by atoms with Crippen molar-refractivity contribution in [3.63, 3.8) is 0 Å². The Hall–Kier alpha value is -1.02. The summed E-state index contributed by atoms with van der Waals surface area (Å²) in [5.74, 6) is -1.91. The highest BCUT2D eigenvalue weighted by molar-refractivity contribution is 5.85. The SMILES string of the molecule is Cl.N[C@@H](c1c(F)cc(C(F)(F)F)cc1C(F)(F)F)C1CCCC1. The van der Waals surface area contributed by atoms with Gasteiger partial charge in [-0.3, -0.25) is 0 Å². The third-order valence-corrected chi connectivity index (χ3v) is 4.00. The van der Waals surface area contributed by atoms with Gasteiger partial charge in [0, 0.05) is 11.6 Å². The summed E-state index contributed by atoms with van der Waals surface area (Å²) in [5.41, 5.74) is 1.56. The van der Waals surface area contributed by atoms with Crippen LogP contribution in [0.25, 0.3) is 0 Å². The molecule has 0 spiro atoms. The van der Waals surface area contributed by atoms with Crippen molar-refractivity contribution >= 4 is 12.4 Å². The minimum Gasteiger partial charge on any atom is -0.324 e. The van der Waals surface area contributed by atoms with Crippen molar-refractivity contribution in [3.8, 4) is 0 Å². The summed E-state index contributed by atoms with van der Waals surface area (Å²) in [6, 6.07) is -1.24. The normalized spacial score (nSPS) is 17.9. The zero-order valence-corrected chi connectivity index (χ0v) is 12.6. The fraction of sp³-hybridized carbons (Fsp3) is 0.571. The van der Waals surface area contributed by atoms with Crippen LogP contribution in [0.4, 0.5) is 30.7 Å². The van der Waals surface area contributed by atoms with Gasteiger partial charge in [-0.2, -0.15) is 26.3 Å². The van der Waals surface area contributed by atoms with E-state index in [1.165, 1.54) is 0 Å². The van der Waals surface area contributed by atoms with Gasteiger partial charge in [-0.05, 0) is 30.9 Å². The summed E-state index contributed by atoms with van der Waals surface area (Å²) in [5, 5.41) is 0. The molecule has 0 aliphatic heterocycles. The molecule has 132 valence electrons. The average Bonchev–Trinajstić information content (AvgIpc) is 2.88. The van der Waals surface area contributed by atoms with Gasteiger partial charge in [-0.1, -0.05) is 12.8 Å². The second-order valence-electron chi connectivity index (χ2n) is 5.49. The Labute approximate surface area is 134 Å². The van der Waals surface area contributed by atoms with Crippen molar-refractivity contribution in [2.45, 2.75) is 44.1 Å². The molecule has 0 radical (unpaired) electrons. The lowest BCUT2D eigenvalue weighted by Crippen LogP contribution is -2.25. The van der Waals surface area contributed by atoms with Gasteiger partial charge in [0.25, 0.3) is 0 Å². The molecule has 9 heteroatoms. The van der Waals surface area contributed by atoms with Crippen LogP contribution in [0.5, 0.6) is 0 Å². The zero-order chi connectivity index (χ0) is 16.7. The molecule has 0 aromatic heterocycles. The van der Waals surface area contributed by atoms with E-state index in [9.17, 15) is 30.7 Å². The standard InChI is InChI=1S/C14H14F7N.ClH/c15-10-6-8(13(16,17)18)5-9(14(19,20)21)11(10)12(22)7-3-1-2-4-7;/h5-7,12H,1-4,22H2;1H/t12-;/m1./s1. The maximum Gasteiger partial charge on any atom is 0.416 e. The molecule has 2 N–H and O–H groups in total. The number of nitrogens with two attached hydrogens (primary N) is 1. The third-order valence-electron chi connectivity index (χ3n) is 4.00. The van der Waals surface area contributed by atoms with Crippen molar-refractivity contribution < 1.29 is 30.7 Å². The highest BCUT2D eigenvalue weighted by atomic mass is 35.5. The third kappa shape index (κ3) is 4.29. The lowest BCUT2D eigenvalue weighted by molar-refractivity contribution is -0.144. The van der Waals surface area contributed by atoms with E-state index >= 15 is 0 Å². The van der Waals surface area contributed by atoms with Crippen molar-refractivity contribution in [1.82, 2.24) is 0 Å². The van der Waals surface area contributed by atoms with Gasteiger partial charge in [0.05, 0.1) is 11.1 Å². The maximum absolute atomic E-state index is 14.0. The van der Waals surface area contributed by atoms with Crippen LogP contribution in [-0.4, -0.2) is 0 Å². The fourth-order valence-electron chi connectivity index (χ4n) is 2.91. The number of hydrogen-bond donors (Lipinski definition) is 1. The Kier molecular flexibility index (Phi) is 5.96. The van der Waals surface area contributed by atoms with Gasteiger partial charge >= 0.3 is 12.4 Å². The Morgan fingerprint density at radius 3 is 1.91 bits per heavy atom. The van der Waals surface area contributed by atoms with Crippen LogP contribution in [0, 0.1) is 11.7 Å². The molecule has 0 heterocycles. The minimum atomic E-state index is -5.10. The number of halogens is 8. The van der Waals surface area contributed by atoms with E-state index in [1.807, 2.05) is 0 Å². The molecular weight excluding hydrogens is 351 g/mol. The van der Waals surface area contributed by atoms with Gasteiger partial charge in [0.2, 0.25) is 0 Å². The van der Waals surface area contributed by atoms with E-state index in [0.717, 1.165) is 12.8 Å². The smallest absolute Gasteiger partial charge is 0.324 e. The molecule has 1 aromatic carbocycles. The summed E-state index contributed by atoms with van der Waals surface area (Å²) in [6.45, 7) is 0. The second-order valence-corrected chi connectivity index (χ2v) is 5.49. The molecule has 1 nitrogen and oxygen atoms in total. The molecule has 1 fully saturated rings. The Morgan fingerprint density at radius 2 is 1.48 bits per heavy atom. The van der Waals surface area contributed by atoms with Crippen molar-refractivity contribution in [2.24, 2.45) is 11.7 Å². The van der Waals surface area contributed by atoms with Gasteiger partial charge in [0.15, 0.2) is 0 Å². The first-order chi connectivity index (χ1) is 10.0. The van der Waals surface area contributed by atoms with E-state index in [1.54, 1.807) is 0 Å². The Balaban J connectivity index is 0.00000264. The van der Waals surface area contributed by atoms with Crippen LogP contribution in [-0.2, 0) is 12.4 Å². The molecule has 23 heavy (non-hydrogen) atoms. The van der Waals surface area contributed by atoms with E-state index in [-0.39, 0.29) is 30.5 Å².